The van der Waals surface area contributed by atoms with Crippen molar-refractivity contribution >= 4 is 39.6 Å². The van der Waals surface area contributed by atoms with Gasteiger partial charge in [0.25, 0.3) is 0 Å². The Morgan fingerprint density at radius 1 is 0.963 bits per heavy atom. The molecule has 1 atom stereocenters. The third kappa shape index (κ3) is 2.51. The molecule has 1 N–H and O–H groups in total. The lowest BCUT2D eigenvalue weighted by atomic mass is 9.72. The molecule has 2 heterocycles. The molecular formula is C20H12ClF2NO2S. The van der Waals surface area contributed by atoms with E-state index >= 15 is 0 Å². The maximum Gasteiger partial charge on any atom is 0.243 e. The van der Waals surface area contributed by atoms with Gasteiger partial charge in [0.1, 0.15) is 26.4 Å². The zero-order chi connectivity index (χ0) is 19.3. The topological polar surface area (TPSA) is 46.2 Å². The Labute approximate surface area is 162 Å². The fourth-order valence-electron chi connectivity index (χ4n) is 3.31. The highest BCUT2D eigenvalue weighted by Gasteiger charge is 2.50. The standard InChI is InChI=1S/C20H12ClF2NO2S/c1-20(11-7-3-5-9-13(11)23)16(25)15-14(10-6-2-4-8-12(10)22)17(21)27-18(15)24-19(20)26/h2-9H,1H3,(H,24,26). The van der Waals surface area contributed by atoms with Crippen molar-refractivity contribution in [1.29, 1.82) is 0 Å². The summed E-state index contributed by atoms with van der Waals surface area (Å²) in [6.07, 6.45) is 0. The van der Waals surface area contributed by atoms with E-state index in [0.29, 0.717) is 0 Å². The van der Waals surface area contributed by atoms with E-state index in [1.54, 1.807) is 12.1 Å². The fraction of sp³-hybridized carbons (Fsp3) is 0.100. The number of benzene rings is 2. The highest BCUT2D eigenvalue weighted by molar-refractivity contribution is 7.21. The molecule has 3 nitrogen and oxygen atoms in total. The SMILES string of the molecule is CC1(c2ccccc2F)C(=O)Nc2sc(Cl)c(-c3ccccc3F)c2C1=O. The summed E-state index contributed by atoms with van der Waals surface area (Å²) in [7, 11) is 0. The quantitative estimate of drug-likeness (QED) is 0.579. The average Bonchev–Trinajstić information content (AvgIpc) is 2.96. The molecule has 0 saturated carbocycles. The Morgan fingerprint density at radius 2 is 1.59 bits per heavy atom. The van der Waals surface area contributed by atoms with Crippen molar-refractivity contribution < 1.29 is 18.4 Å². The molecule has 4 rings (SSSR count). The Kier molecular flexibility index (Phi) is 4.13. The second-order valence-electron chi connectivity index (χ2n) is 6.32. The molecule has 0 saturated heterocycles. The Bertz CT molecular complexity index is 1110. The molecule has 0 fully saturated rings. The molecule has 1 aliphatic heterocycles. The number of amides is 1. The number of fused-ring (bicyclic) bond motifs is 1. The number of ketones is 1. The van der Waals surface area contributed by atoms with Crippen molar-refractivity contribution in [3.63, 3.8) is 0 Å². The maximum absolute atomic E-state index is 14.4. The third-order valence-electron chi connectivity index (χ3n) is 4.78. The summed E-state index contributed by atoms with van der Waals surface area (Å²) >= 11 is 7.28. The van der Waals surface area contributed by atoms with E-state index in [4.69, 9.17) is 11.6 Å². The molecule has 3 aromatic rings. The molecule has 1 amide bonds. The van der Waals surface area contributed by atoms with Crippen LogP contribution in [-0.4, -0.2) is 11.7 Å². The highest BCUT2D eigenvalue weighted by Crippen LogP contribution is 2.49. The van der Waals surface area contributed by atoms with Crippen molar-refractivity contribution in [2.75, 3.05) is 5.32 Å². The number of carbonyl (C=O) groups is 2. The summed E-state index contributed by atoms with van der Waals surface area (Å²) < 4.78 is 29.0. The highest BCUT2D eigenvalue weighted by atomic mass is 35.5. The molecule has 1 unspecified atom stereocenters. The number of halogens is 3. The average molecular weight is 404 g/mol. The van der Waals surface area contributed by atoms with Gasteiger partial charge in [0.15, 0.2) is 5.78 Å². The second kappa shape index (κ2) is 6.25. The van der Waals surface area contributed by atoms with Crippen molar-refractivity contribution in [2.45, 2.75) is 12.3 Å². The van der Waals surface area contributed by atoms with E-state index in [1.165, 1.54) is 43.3 Å². The number of Topliss-reactive ketones (excluding diaryl/α,β-unsaturated/α-hetero) is 1. The van der Waals surface area contributed by atoms with Crippen LogP contribution in [0, 0.1) is 11.6 Å². The molecule has 0 aliphatic carbocycles. The first kappa shape index (κ1) is 17.8. The summed E-state index contributed by atoms with van der Waals surface area (Å²) in [4.78, 5) is 26.2. The summed E-state index contributed by atoms with van der Waals surface area (Å²) in [6.45, 7) is 1.36. The van der Waals surface area contributed by atoms with E-state index in [9.17, 15) is 18.4 Å². The zero-order valence-electron chi connectivity index (χ0n) is 14.0. The lowest BCUT2D eigenvalue weighted by Crippen LogP contribution is -2.48. The predicted molar refractivity (Wildman–Crippen MR) is 101 cm³/mol. The van der Waals surface area contributed by atoms with Gasteiger partial charge in [0.2, 0.25) is 5.91 Å². The van der Waals surface area contributed by atoms with Gasteiger partial charge in [-0.2, -0.15) is 0 Å². The van der Waals surface area contributed by atoms with Crippen molar-refractivity contribution in [3.8, 4) is 11.1 Å². The minimum atomic E-state index is -1.79. The predicted octanol–water partition coefficient (Wildman–Crippen LogP) is 5.44. The van der Waals surface area contributed by atoms with Crippen LogP contribution >= 0.6 is 22.9 Å². The molecule has 0 spiro atoms. The third-order valence-corrected chi connectivity index (χ3v) is 6.10. The van der Waals surface area contributed by atoms with Gasteiger partial charge in [0.05, 0.1) is 5.56 Å². The first-order chi connectivity index (χ1) is 12.9. The van der Waals surface area contributed by atoms with Crippen LogP contribution in [0.1, 0.15) is 22.8 Å². The number of anilines is 1. The number of carbonyl (C=O) groups excluding carboxylic acids is 2. The number of rotatable bonds is 2. The van der Waals surface area contributed by atoms with Crippen molar-refractivity contribution in [1.82, 2.24) is 0 Å². The minimum absolute atomic E-state index is 0.0417. The van der Waals surface area contributed by atoms with Gasteiger partial charge in [-0.05, 0) is 19.1 Å². The summed E-state index contributed by atoms with van der Waals surface area (Å²) in [5.41, 5.74) is -1.37. The van der Waals surface area contributed by atoms with E-state index in [1.807, 2.05) is 0 Å². The Morgan fingerprint density at radius 3 is 2.26 bits per heavy atom. The largest absolute Gasteiger partial charge is 0.316 e. The molecule has 2 aromatic carbocycles. The smallest absolute Gasteiger partial charge is 0.243 e. The number of thiophene rings is 1. The van der Waals surface area contributed by atoms with Gasteiger partial charge in [-0.25, -0.2) is 8.78 Å². The molecule has 1 aromatic heterocycles. The van der Waals surface area contributed by atoms with Crippen LogP contribution in [0.4, 0.5) is 13.8 Å². The molecule has 0 radical (unpaired) electrons. The maximum atomic E-state index is 14.4. The van der Waals surface area contributed by atoms with Crippen LogP contribution in [0.5, 0.6) is 0 Å². The fourth-order valence-corrected chi connectivity index (χ4v) is 4.67. The zero-order valence-corrected chi connectivity index (χ0v) is 15.5. The van der Waals surface area contributed by atoms with Crippen molar-refractivity contribution in [3.05, 3.63) is 75.6 Å². The second-order valence-corrected chi connectivity index (χ2v) is 7.95. The molecule has 1 aliphatic rings. The van der Waals surface area contributed by atoms with Gasteiger partial charge in [-0.15, -0.1) is 11.3 Å². The van der Waals surface area contributed by atoms with Gasteiger partial charge in [-0.1, -0.05) is 48.0 Å². The van der Waals surface area contributed by atoms with Crippen LogP contribution in [0.15, 0.2) is 48.5 Å². The molecule has 136 valence electrons. The van der Waals surface area contributed by atoms with Crippen LogP contribution in [-0.2, 0) is 10.2 Å². The van der Waals surface area contributed by atoms with E-state index < -0.39 is 28.7 Å². The summed E-state index contributed by atoms with van der Waals surface area (Å²) in [5.74, 6) is -2.48. The molecule has 7 heteroatoms. The van der Waals surface area contributed by atoms with Gasteiger partial charge < -0.3 is 5.32 Å². The molecule has 0 bridgehead atoms. The monoisotopic (exact) mass is 403 g/mol. The van der Waals surface area contributed by atoms with E-state index in [-0.39, 0.29) is 31.6 Å². The lowest BCUT2D eigenvalue weighted by molar-refractivity contribution is -0.119. The van der Waals surface area contributed by atoms with Gasteiger partial charge in [0, 0.05) is 16.7 Å². The van der Waals surface area contributed by atoms with Crippen LogP contribution in [0.2, 0.25) is 4.34 Å². The number of hydrogen-bond acceptors (Lipinski definition) is 3. The first-order valence-electron chi connectivity index (χ1n) is 8.04. The van der Waals surface area contributed by atoms with E-state index in [2.05, 4.69) is 5.32 Å². The van der Waals surface area contributed by atoms with Crippen molar-refractivity contribution in [2.24, 2.45) is 0 Å². The number of hydrogen-bond donors (Lipinski definition) is 1. The first-order valence-corrected chi connectivity index (χ1v) is 9.23. The molecule has 27 heavy (non-hydrogen) atoms. The number of nitrogens with one attached hydrogen (secondary N) is 1. The normalized spacial score (nSPS) is 19.0. The molecular weight excluding hydrogens is 392 g/mol. The summed E-state index contributed by atoms with van der Waals surface area (Å²) in [5, 5.41) is 2.88. The van der Waals surface area contributed by atoms with Gasteiger partial charge in [-0.3, -0.25) is 9.59 Å². The summed E-state index contributed by atoms with van der Waals surface area (Å²) in [6, 6.07) is 11.5. The Balaban J connectivity index is 1.98. The van der Waals surface area contributed by atoms with Crippen LogP contribution < -0.4 is 5.32 Å². The Hall–Kier alpha value is -2.57. The lowest BCUT2D eigenvalue weighted by Gasteiger charge is -2.32. The van der Waals surface area contributed by atoms with Gasteiger partial charge >= 0.3 is 0 Å². The van der Waals surface area contributed by atoms with Crippen LogP contribution in [0.3, 0.4) is 0 Å². The van der Waals surface area contributed by atoms with E-state index in [0.717, 1.165) is 11.3 Å². The van der Waals surface area contributed by atoms with Crippen LogP contribution in [0.25, 0.3) is 11.1 Å². The minimum Gasteiger partial charge on any atom is -0.316 e.